The van der Waals surface area contributed by atoms with Crippen molar-refractivity contribution in [2.24, 2.45) is 10.2 Å². The minimum absolute atomic E-state index is 0.104. The number of nitrogens with zero attached hydrogens (tertiary/aromatic N) is 1. The summed E-state index contributed by atoms with van der Waals surface area (Å²) in [6, 6.07) is 3.06. The third-order valence-electron chi connectivity index (χ3n) is 2.10. The molecule has 21 heavy (non-hydrogen) atoms. The number of halogens is 3. The Labute approximate surface area is 117 Å². The van der Waals surface area contributed by atoms with E-state index in [1.165, 1.54) is 0 Å². The van der Waals surface area contributed by atoms with Crippen molar-refractivity contribution >= 4 is 27.9 Å². The zero-order valence-electron chi connectivity index (χ0n) is 10.5. The van der Waals surface area contributed by atoms with Gasteiger partial charge in [0.15, 0.2) is 0 Å². The monoisotopic (exact) mass is 325 g/mol. The molecule has 0 aromatic heterocycles. The van der Waals surface area contributed by atoms with Gasteiger partial charge in [-0.15, -0.1) is 0 Å². The maximum absolute atomic E-state index is 11.9. The molecule has 116 valence electrons. The molecule has 1 rings (SSSR count). The van der Waals surface area contributed by atoms with Gasteiger partial charge in [0.2, 0.25) is 10.0 Å². The van der Waals surface area contributed by atoms with Gasteiger partial charge in [0.1, 0.15) is 6.21 Å². The van der Waals surface area contributed by atoms with Crippen LogP contribution < -0.4 is 10.6 Å². The fourth-order valence-electron chi connectivity index (χ4n) is 1.29. The molecule has 0 heterocycles. The highest BCUT2D eigenvalue weighted by molar-refractivity contribution is 7.89. The van der Waals surface area contributed by atoms with E-state index in [0.717, 1.165) is 25.3 Å². The smallest absolute Gasteiger partial charge is 0.428 e. The van der Waals surface area contributed by atoms with Crippen LogP contribution in [0.3, 0.4) is 0 Å². The number of anilines is 1. The fraction of sp³-hybridized carbons (Fsp3) is 0.200. The van der Waals surface area contributed by atoms with Gasteiger partial charge in [0.05, 0.1) is 23.3 Å². The Hall–Kier alpha value is -2.14. The molecule has 0 saturated carbocycles. The Morgan fingerprint density at radius 2 is 2.05 bits per heavy atom. The number of ether oxygens (including phenoxy) is 1. The molecule has 1 aromatic rings. The molecule has 0 aliphatic carbocycles. The number of benzene rings is 1. The standard InChI is InChI=1S/C10H10F3N3O4S/c1-20-9(17)7-3-2-6(4-8(7)21(14,18)19)16-15-5-10(11,12)13/h2-5,16H,1H3,(H2,14,18,19)/b15-5+. The van der Waals surface area contributed by atoms with Gasteiger partial charge >= 0.3 is 12.1 Å². The lowest BCUT2D eigenvalue weighted by Gasteiger charge is -2.08. The first-order valence-electron chi connectivity index (χ1n) is 5.17. The Bertz CT molecular complexity index is 671. The number of nitrogens with two attached hydrogens (primary N) is 1. The van der Waals surface area contributed by atoms with Gasteiger partial charge in [-0.25, -0.2) is 18.4 Å². The van der Waals surface area contributed by atoms with Crippen LogP contribution in [0.25, 0.3) is 0 Å². The molecule has 0 bridgehead atoms. The van der Waals surface area contributed by atoms with Crippen LogP contribution in [0.4, 0.5) is 18.9 Å². The van der Waals surface area contributed by atoms with Crippen LogP contribution in [-0.2, 0) is 14.8 Å². The first-order chi connectivity index (χ1) is 9.54. The predicted octanol–water partition coefficient (Wildman–Crippen LogP) is 1.08. The maximum atomic E-state index is 11.9. The molecule has 0 amide bonds. The van der Waals surface area contributed by atoms with Gasteiger partial charge in [-0.1, -0.05) is 0 Å². The topological polar surface area (TPSA) is 111 Å². The molecule has 11 heteroatoms. The molecule has 0 saturated heterocycles. The number of carbonyl (C=O) groups is 1. The lowest BCUT2D eigenvalue weighted by atomic mass is 10.2. The molecule has 1 aromatic carbocycles. The number of primary sulfonamides is 1. The maximum Gasteiger partial charge on any atom is 0.428 e. The number of hydrazone groups is 1. The summed E-state index contributed by atoms with van der Waals surface area (Å²) in [6.45, 7) is 0. The lowest BCUT2D eigenvalue weighted by molar-refractivity contribution is -0.0536. The summed E-state index contributed by atoms with van der Waals surface area (Å²) in [5.41, 5.74) is 1.53. The van der Waals surface area contributed by atoms with Crippen LogP contribution >= 0.6 is 0 Å². The van der Waals surface area contributed by atoms with Crippen molar-refractivity contribution in [3.8, 4) is 0 Å². The van der Waals surface area contributed by atoms with Crippen molar-refractivity contribution in [3.05, 3.63) is 23.8 Å². The predicted molar refractivity (Wildman–Crippen MR) is 67.3 cm³/mol. The number of esters is 1. The third-order valence-corrected chi connectivity index (χ3v) is 3.05. The number of sulfonamides is 1. The zero-order valence-corrected chi connectivity index (χ0v) is 11.3. The van der Waals surface area contributed by atoms with E-state index in [9.17, 15) is 26.4 Å². The van der Waals surface area contributed by atoms with Gasteiger partial charge in [0.25, 0.3) is 0 Å². The van der Waals surface area contributed by atoms with E-state index in [0.29, 0.717) is 0 Å². The molecule has 0 fully saturated rings. The number of rotatable bonds is 4. The van der Waals surface area contributed by atoms with Gasteiger partial charge in [-0.05, 0) is 18.2 Å². The summed E-state index contributed by atoms with van der Waals surface area (Å²) in [7, 11) is -3.24. The number of hydrogen-bond donors (Lipinski definition) is 2. The van der Waals surface area contributed by atoms with Crippen LogP contribution in [0.15, 0.2) is 28.2 Å². The van der Waals surface area contributed by atoms with Crippen LogP contribution in [0, 0.1) is 0 Å². The summed E-state index contributed by atoms with van der Waals surface area (Å²) >= 11 is 0. The number of methoxy groups -OCH3 is 1. The highest BCUT2D eigenvalue weighted by Gasteiger charge is 2.24. The summed E-state index contributed by atoms with van der Waals surface area (Å²) in [5, 5.41) is 7.81. The first kappa shape index (κ1) is 16.9. The molecule has 0 aliphatic rings. The minimum atomic E-state index is -4.62. The molecule has 0 aliphatic heterocycles. The third kappa shape index (κ3) is 5.04. The van der Waals surface area contributed by atoms with E-state index in [2.05, 4.69) is 9.84 Å². The molecular weight excluding hydrogens is 315 g/mol. The highest BCUT2D eigenvalue weighted by atomic mass is 32.2. The summed E-state index contributed by atoms with van der Waals surface area (Å²) in [5.74, 6) is -0.954. The van der Waals surface area contributed by atoms with E-state index in [1.54, 1.807) is 0 Å². The van der Waals surface area contributed by atoms with Crippen LogP contribution in [0.5, 0.6) is 0 Å². The van der Waals surface area contributed by atoms with Crippen LogP contribution in [-0.4, -0.2) is 33.9 Å². The van der Waals surface area contributed by atoms with Crippen LogP contribution in [0.1, 0.15) is 10.4 Å². The quantitative estimate of drug-likeness (QED) is 0.489. The SMILES string of the molecule is COC(=O)c1ccc(N/N=C/C(F)(F)F)cc1S(N)(=O)=O. The Morgan fingerprint density at radius 1 is 1.43 bits per heavy atom. The highest BCUT2D eigenvalue weighted by Crippen LogP contribution is 2.21. The average molecular weight is 325 g/mol. The second kappa shape index (κ2) is 6.10. The van der Waals surface area contributed by atoms with E-state index in [4.69, 9.17) is 5.14 Å². The van der Waals surface area contributed by atoms with Crippen molar-refractivity contribution in [1.29, 1.82) is 0 Å². The van der Waals surface area contributed by atoms with Crippen molar-refractivity contribution in [2.75, 3.05) is 12.5 Å². The van der Waals surface area contributed by atoms with E-state index < -0.39 is 27.1 Å². The van der Waals surface area contributed by atoms with Crippen LogP contribution in [0.2, 0.25) is 0 Å². The zero-order chi connectivity index (χ0) is 16.3. The molecule has 0 atom stereocenters. The molecule has 7 nitrogen and oxygen atoms in total. The average Bonchev–Trinajstić information content (AvgIpc) is 2.35. The molecule has 0 spiro atoms. The summed E-state index contributed by atoms with van der Waals surface area (Å²) < 4.78 is 62.8. The van der Waals surface area contributed by atoms with E-state index in [-0.39, 0.29) is 17.5 Å². The number of nitrogens with one attached hydrogen (secondary N) is 1. The van der Waals surface area contributed by atoms with Gasteiger partial charge in [0, 0.05) is 0 Å². The molecule has 0 radical (unpaired) electrons. The normalized spacial score (nSPS) is 12.4. The first-order valence-corrected chi connectivity index (χ1v) is 6.71. The second-order valence-corrected chi connectivity index (χ2v) is 5.19. The van der Waals surface area contributed by atoms with E-state index >= 15 is 0 Å². The lowest BCUT2D eigenvalue weighted by Crippen LogP contribution is -2.17. The number of alkyl halides is 3. The van der Waals surface area contributed by atoms with Gasteiger partial charge in [-0.2, -0.15) is 18.3 Å². The fourth-order valence-corrected chi connectivity index (χ4v) is 2.04. The minimum Gasteiger partial charge on any atom is -0.465 e. The Kier molecular flexibility index (Phi) is 4.91. The Morgan fingerprint density at radius 3 is 2.52 bits per heavy atom. The van der Waals surface area contributed by atoms with Crippen molar-refractivity contribution < 1.29 is 31.1 Å². The van der Waals surface area contributed by atoms with Crippen molar-refractivity contribution in [2.45, 2.75) is 11.1 Å². The summed E-state index contributed by atoms with van der Waals surface area (Å²) in [4.78, 5) is 10.8. The molecular formula is C10H10F3N3O4S. The number of carbonyl (C=O) groups excluding carboxylic acids is 1. The number of hydrogen-bond acceptors (Lipinski definition) is 6. The van der Waals surface area contributed by atoms with E-state index in [1.807, 2.05) is 5.43 Å². The largest absolute Gasteiger partial charge is 0.465 e. The molecule has 0 unspecified atom stereocenters. The van der Waals surface area contributed by atoms with Gasteiger partial charge in [-0.3, -0.25) is 5.43 Å². The Balaban J connectivity index is 3.17. The second-order valence-electron chi connectivity index (χ2n) is 3.66. The van der Waals surface area contributed by atoms with Gasteiger partial charge < -0.3 is 4.74 Å². The van der Waals surface area contributed by atoms with Crippen molar-refractivity contribution in [1.82, 2.24) is 0 Å². The molecule has 3 N–H and O–H groups in total. The van der Waals surface area contributed by atoms with Crippen molar-refractivity contribution in [3.63, 3.8) is 0 Å². The summed E-state index contributed by atoms with van der Waals surface area (Å²) in [6.07, 6.45) is -4.94.